The fourth-order valence-electron chi connectivity index (χ4n) is 2.90. The summed E-state index contributed by atoms with van der Waals surface area (Å²) in [6.45, 7) is 8.19. The first-order chi connectivity index (χ1) is 6.24. The van der Waals surface area contributed by atoms with Gasteiger partial charge in [0.2, 0.25) is 0 Å². The third-order valence-corrected chi connectivity index (χ3v) is 3.64. The molecule has 0 aromatic rings. The topological polar surface area (TPSA) is 17.1 Å². The maximum Gasteiger partial charge on any atom is 0.123 e. The van der Waals surface area contributed by atoms with E-state index in [0.29, 0.717) is 11.8 Å². The summed E-state index contributed by atoms with van der Waals surface area (Å²) in [4.78, 5) is 10.8. The number of fused-ring (bicyclic) bond motifs is 1. The average molecular weight is 176 g/mol. The highest BCUT2D eigenvalue weighted by molar-refractivity contribution is 5.56. The van der Waals surface area contributed by atoms with Gasteiger partial charge in [-0.15, -0.1) is 0 Å². The molecule has 0 heterocycles. The minimum absolute atomic E-state index is 0.231. The Kier molecular flexibility index (Phi) is 2.10. The lowest BCUT2D eigenvalue weighted by atomic mass is 9.73. The predicted octanol–water partition coefficient (Wildman–Crippen LogP) is 2.73. The van der Waals surface area contributed by atoms with E-state index in [1.807, 2.05) is 0 Å². The molecule has 0 radical (unpaired) electrons. The number of hydrogen-bond acceptors (Lipinski definition) is 1. The molecule has 0 aliphatic heterocycles. The van der Waals surface area contributed by atoms with Crippen LogP contribution in [0.25, 0.3) is 0 Å². The van der Waals surface area contributed by atoms with Crippen LogP contribution in [0.4, 0.5) is 0 Å². The molecule has 0 aromatic heterocycles. The first-order valence-electron chi connectivity index (χ1n) is 5.04. The molecule has 13 heavy (non-hydrogen) atoms. The minimum atomic E-state index is 0.231. The van der Waals surface area contributed by atoms with Crippen LogP contribution in [0.2, 0.25) is 0 Å². The first kappa shape index (κ1) is 8.74. The van der Waals surface area contributed by atoms with Crippen molar-refractivity contribution in [1.82, 2.24) is 0 Å². The van der Waals surface area contributed by atoms with Crippen LogP contribution in [0.5, 0.6) is 0 Å². The molecule has 2 rings (SSSR count). The van der Waals surface area contributed by atoms with E-state index in [9.17, 15) is 4.79 Å². The second-order valence-electron chi connectivity index (χ2n) is 4.33. The predicted molar refractivity (Wildman–Crippen MR) is 53.3 cm³/mol. The molecule has 0 aromatic carbocycles. The Hall–Kier alpha value is -0.850. The van der Waals surface area contributed by atoms with Gasteiger partial charge in [0.25, 0.3) is 0 Å². The average Bonchev–Trinajstić information content (AvgIpc) is 2.56. The van der Waals surface area contributed by atoms with Gasteiger partial charge >= 0.3 is 0 Å². The molecule has 3 atom stereocenters. The molecule has 2 fully saturated rings. The van der Waals surface area contributed by atoms with Crippen LogP contribution in [0.3, 0.4) is 0 Å². The molecule has 0 saturated heterocycles. The molecule has 0 bridgehead atoms. The van der Waals surface area contributed by atoms with Crippen molar-refractivity contribution in [3.63, 3.8) is 0 Å². The van der Waals surface area contributed by atoms with E-state index in [1.54, 1.807) is 0 Å². The van der Waals surface area contributed by atoms with Crippen LogP contribution < -0.4 is 0 Å². The summed E-state index contributed by atoms with van der Waals surface area (Å²) in [6, 6.07) is 0. The van der Waals surface area contributed by atoms with Gasteiger partial charge in [-0.1, -0.05) is 24.3 Å². The summed E-state index contributed by atoms with van der Waals surface area (Å²) in [7, 11) is 0. The van der Waals surface area contributed by atoms with E-state index in [0.717, 1.165) is 32.0 Å². The van der Waals surface area contributed by atoms with Crippen molar-refractivity contribution in [3.8, 4) is 0 Å². The van der Waals surface area contributed by atoms with Gasteiger partial charge < -0.3 is 4.79 Å². The first-order valence-corrected chi connectivity index (χ1v) is 5.04. The number of carbonyl (C=O) groups excluding carboxylic acids is 1. The van der Waals surface area contributed by atoms with Crippen molar-refractivity contribution in [2.45, 2.75) is 25.7 Å². The van der Waals surface area contributed by atoms with E-state index in [4.69, 9.17) is 0 Å². The van der Waals surface area contributed by atoms with Crippen molar-refractivity contribution in [2.24, 2.45) is 17.8 Å². The van der Waals surface area contributed by atoms with Gasteiger partial charge in [0.1, 0.15) is 6.29 Å². The van der Waals surface area contributed by atoms with Crippen LogP contribution >= 0.6 is 0 Å². The van der Waals surface area contributed by atoms with Crippen LogP contribution in [-0.2, 0) is 4.79 Å². The van der Waals surface area contributed by atoms with Gasteiger partial charge in [-0.25, -0.2) is 0 Å². The molecule has 70 valence electrons. The van der Waals surface area contributed by atoms with Crippen LogP contribution in [0, 0.1) is 17.8 Å². The zero-order valence-electron chi connectivity index (χ0n) is 7.96. The molecule has 1 heteroatoms. The third kappa shape index (κ3) is 1.27. The zero-order valence-corrected chi connectivity index (χ0v) is 7.96. The Labute approximate surface area is 79.5 Å². The molecular weight excluding hydrogens is 160 g/mol. The van der Waals surface area contributed by atoms with Crippen molar-refractivity contribution < 1.29 is 4.79 Å². The van der Waals surface area contributed by atoms with Crippen molar-refractivity contribution in [1.29, 1.82) is 0 Å². The maximum absolute atomic E-state index is 10.8. The Balaban J connectivity index is 2.25. The normalized spacial score (nSPS) is 38.9. The molecule has 0 spiro atoms. The van der Waals surface area contributed by atoms with Gasteiger partial charge in [-0.05, 0) is 37.5 Å². The standard InChI is InChI=1S/C12H16O/c1-8-3-4-9(2)12-10(7-13)5-6-11(8)12/h7,10-12H,1-6H2. The Morgan fingerprint density at radius 1 is 1.15 bits per heavy atom. The fourth-order valence-corrected chi connectivity index (χ4v) is 2.90. The molecular formula is C12H16O. The number of aldehydes is 1. The van der Waals surface area contributed by atoms with E-state index in [2.05, 4.69) is 13.2 Å². The number of rotatable bonds is 1. The second kappa shape index (κ2) is 3.13. The fraction of sp³-hybridized carbons (Fsp3) is 0.583. The highest BCUT2D eigenvalue weighted by atomic mass is 16.1. The zero-order chi connectivity index (χ0) is 9.42. The summed E-state index contributed by atoms with van der Waals surface area (Å²) in [5.74, 6) is 1.23. The minimum Gasteiger partial charge on any atom is -0.303 e. The summed E-state index contributed by atoms with van der Waals surface area (Å²) in [5, 5.41) is 0. The van der Waals surface area contributed by atoms with Crippen LogP contribution in [0.15, 0.2) is 24.3 Å². The van der Waals surface area contributed by atoms with E-state index in [-0.39, 0.29) is 5.92 Å². The summed E-state index contributed by atoms with van der Waals surface area (Å²) in [5.41, 5.74) is 2.63. The monoisotopic (exact) mass is 176 g/mol. The Bertz CT molecular complexity index is 264. The molecule has 1 nitrogen and oxygen atoms in total. The second-order valence-corrected chi connectivity index (χ2v) is 4.33. The summed E-state index contributed by atoms with van der Waals surface area (Å²) in [6.07, 6.45) is 5.44. The lowest BCUT2D eigenvalue weighted by Crippen LogP contribution is -2.23. The Morgan fingerprint density at radius 3 is 2.54 bits per heavy atom. The molecule has 2 saturated carbocycles. The van der Waals surface area contributed by atoms with Gasteiger partial charge in [0, 0.05) is 5.92 Å². The molecule has 0 N–H and O–H groups in total. The quantitative estimate of drug-likeness (QED) is 0.443. The molecule has 2 aliphatic carbocycles. The number of hydrogen-bond donors (Lipinski definition) is 0. The van der Waals surface area contributed by atoms with Crippen molar-refractivity contribution in [3.05, 3.63) is 24.3 Å². The van der Waals surface area contributed by atoms with Gasteiger partial charge in [0.15, 0.2) is 0 Å². The SMILES string of the molecule is C=C1CCC(=C)C2C(C=O)CCC12. The van der Waals surface area contributed by atoms with E-state index < -0.39 is 0 Å². The van der Waals surface area contributed by atoms with Crippen LogP contribution in [-0.4, -0.2) is 6.29 Å². The summed E-state index contributed by atoms with van der Waals surface area (Å²) < 4.78 is 0. The van der Waals surface area contributed by atoms with E-state index in [1.165, 1.54) is 11.1 Å². The third-order valence-electron chi connectivity index (χ3n) is 3.64. The lowest BCUT2D eigenvalue weighted by Gasteiger charge is -2.31. The smallest absolute Gasteiger partial charge is 0.123 e. The highest BCUT2D eigenvalue weighted by Gasteiger charge is 2.40. The number of allylic oxidation sites excluding steroid dienone is 2. The maximum atomic E-state index is 10.8. The highest BCUT2D eigenvalue weighted by Crippen LogP contribution is 2.49. The molecule has 0 amide bonds. The molecule has 2 aliphatic rings. The molecule has 3 unspecified atom stereocenters. The lowest BCUT2D eigenvalue weighted by molar-refractivity contribution is -0.111. The number of carbonyl (C=O) groups is 1. The van der Waals surface area contributed by atoms with Gasteiger partial charge in [-0.2, -0.15) is 0 Å². The van der Waals surface area contributed by atoms with Gasteiger partial charge in [-0.3, -0.25) is 0 Å². The van der Waals surface area contributed by atoms with Crippen molar-refractivity contribution >= 4 is 6.29 Å². The largest absolute Gasteiger partial charge is 0.303 e. The Morgan fingerprint density at radius 2 is 1.85 bits per heavy atom. The van der Waals surface area contributed by atoms with E-state index >= 15 is 0 Å². The van der Waals surface area contributed by atoms with Crippen molar-refractivity contribution in [2.75, 3.05) is 0 Å². The van der Waals surface area contributed by atoms with Gasteiger partial charge in [0.05, 0.1) is 0 Å². The van der Waals surface area contributed by atoms with Crippen LogP contribution in [0.1, 0.15) is 25.7 Å². The summed E-state index contributed by atoms with van der Waals surface area (Å²) >= 11 is 0.